The Morgan fingerprint density at radius 3 is 2.25 bits per heavy atom. The molecule has 53 heavy (non-hydrogen) atoms. The summed E-state index contributed by atoms with van der Waals surface area (Å²) in [7, 11) is -6.41. The highest BCUT2D eigenvalue weighted by Crippen LogP contribution is 2.41. The first-order valence-electron chi connectivity index (χ1n) is 17.5. The standard InChI is InChI=1S/C36H51N5O9S2Si/c1-23(2)49-33(42)38-25-12-10-24(11-13-25)32-37-21-30(51-32)29-19-14-26(39-34(43)50-28-17-15-27(16-18-28)41(44)45)20-31(29)52(46,47)40-36(6,7)22-48-53(8,9)35(3,4)5/h14-21,23-25,40H,10-13,22H2,1-9H3,(H,38,42)(H,39,43)/t24-,25-. The molecule has 0 radical (unpaired) electrons. The summed E-state index contributed by atoms with van der Waals surface area (Å²) in [5.41, 5.74) is -0.587. The van der Waals surface area contributed by atoms with Crippen molar-refractivity contribution in [2.45, 2.75) is 121 Å². The minimum Gasteiger partial charge on any atom is -0.447 e. The number of hydrogen-bond acceptors (Lipinski definition) is 11. The lowest BCUT2D eigenvalue weighted by Crippen LogP contribution is -2.51. The molecule has 1 fully saturated rings. The Balaban J connectivity index is 1.58. The van der Waals surface area contributed by atoms with Gasteiger partial charge in [-0.3, -0.25) is 15.4 Å². The van der Waals surface area contributed by atoms with Crippen LogP contribution in [0.25, 0.3) is 10.4 Å². The number of carbonyl (C=O) groups is 2. The molecule has 3 N–H and O–H groups in total. The van der Waals surface area contributed by atoms with Gasteiger partial charge in [-0.05, 0) is 95.8 Å². The summed E-state index contributed by atoms with van der Waals surface area (Å²) in [6, 6.07) is 9.57. The molecule has 1 aromatic heterocycles. The van der Waals surface area contributed by atoms with E-state index in [-0.39, 0.29) is 51.7 Å². The Morgan fingerprint density at radius 2 is 1.66 bits per heavy atom. The van der Waals surface area contributed by atoms with Gasteiger partial charge in [-0.15, -0.1) is 11.3 Å². The van der Waals surface area contributed by atoms with E-state index in [1.807, 2.05) is 0 Å². The number of carbonyl (C=O) groups excluding carboxylic acids is 2. The number of rotatable bonds is 13. The van der Waals surface area contributed by atoms with Crippen LogP contribution in [0.1, 0.15) is 85.1 Å². The van der Waals surface area contributed by atoms with E-state index in [1.165, 1.54) is 41.7 Å². The fourth-order valence-corrected chi connectivity index (χ4v) is 9.43. The Morgan fingerprint density at radius 1 is 1.02 bits per heavy atom. The fourth-order valence-electron chi connectivity index (χ4n) is 5.44. The summed E-state index contributed by atoms with van der Waals surface area (Å²) in [6.07, 6.45) is 3.26. The van der Waals surface area contributed by atoms with Crippen molar-refractivity contribution >= 4 is 53.2 Å². The van der Waals surface area contributed by atoms with Gasteiger partial charge in [0.2, 0.25) is 10.0 Å². The van der Waals surface area contributed by atoms with E-state index < -0.39 is 41.0 Å². The van der Waals surface area contributed by atoms with Gasteiger partial charge in [-0.25, -0.2) is 27.7 Å². The summed E-state index contributed by atoms with van der Waals surface area (Å²) in [4.78, 5) is 40.6. The number of anilines is 1. The number of amides is 2. The van der Waals surface area contributed by atoms with Crippen molar-refractivity contribution in [3.8, 4) is 16.2 Å². The van der Waals surface area contributed by atoms with E-state index in [0.717, 1.165) is 30.7 Å². The zero-order chi connectivity index (χ0) is 39.4. The maximum atomic E-state index is 14.3. The van der Waals surface area contributed by atoms with Crippen LogP contribution in [-0.2, 0) is 19.2 Å². The second kappa shape index (κ2) is 16.6. The number of aromatic nitrogens is 1. The van der Waals surface area contributed by atoms with Crippen LogP contribution in [0.2, 0.25) is 18.1 Å². The SMILES string of the molecule is CC(C)OC(=O)N[C@H]1CC[C@H](c2ncc(-c3ccc(NC(=O)Oc4ccc([N+](=O)[O-])cc4)cc3S(=O)(=O)NC(C)(C)CO[Si](C)(C)C(C)(C)C)s2)CC1. The topological polar surface area (TPSA) is 188 Å². The maximum absolute atomic E-state index is 14.3. The summed E-state index contributed by atoms with van der Waals surface area (Å²) in [5, 5.41) is 17.3. The number of ether oxygens (including phenoxy) is 2. The van der Waals surface area contributed by atoms with Crippen molar-refractivity contribution in [3.05, 3.63) is 63.8 Å². The van der Waals surface area contributed by atoms with E-state index in [2.05, 4.69) is 49.2 Å². The highest BCUT2D eigenvalue weighted by Gasteiger charge is 2.39. The van der Waals surface area contributed by atoms with Crippen LogP contribution in [0, 0.1) is 10.1 Å². The zero-order valence-electron chi connectivity index (χ0n) is 31.8. The Hall–Kier alpha value is -3.90. The Bertz CT molecular complexity index is 1880. The zero-order valence-corrected chi connectivity index (χ0v) is 34.4. The quantitative estimate of drug-likeness (QED) is 0.0860. The molecule has 1 aliphatic carbocycles. The van der Waals surface area contributed by atoms with E-state index in [9.17, 15) is 28.1 Å². The predicted molar refractivity (Wildman–Crippen MR) is 208 cm³/mol. The third-order valence-corrected chi connectivity index (χ3v) is 16.7. The maximum Gasteiger partial charge on any atom is 0.417 e. The normalized spacial score (nSPS) is 16.9. The average molecular weight is 790 g/mol. The van der Waals surface area contributed by atoms with Gasteiger partial charge in [0.1, 0.15) is 5.75 Å². The van der Waals surface area contributed by atoms with Crippen LogP contribution < -0.4 is 20.1 Å². The number of nitrogens with zero attached hydrogens (tertiary/aromatic N) is 2. The third kappa shape index (κ3) is 11.5. The molecular weight excluding hydrogens is 739 g/mol. The molecule has 1 saturated carbocycles. The molecule has 290 valence electrons. The molecule has 3 aromatic rings. The molecule has 0 saturated heterocycles. The van der Waals surface area contributed by atoms with Gasteiger partial charge in [0, 0.05) is 47.1 Å². The van der Waals surface area contributed by atoms with Crippen molar-refractivity contribution in [2.24, 2.45) is 0 Å². The van der Waals surface area contributed by atoms with Crippen LogP contribution in [0.3, 0.4) is 0 Å². The number of thiazole rings is 1. The highest BCUT2D eigenvalue weighted by molar-refractivity contribution is 7.89. The predicted octanol–water partition coefficient (Wildman–Crippen LogP) is 8.57. The average Bonchev–Trinajstić information content (AvgIpc) is 3.53. The van der Waals surface area contributed by atoms with Crippen molar-refractivity contribution in [2.75, 3.05) is 11.9 Å². The van der Waals surface area contributed by atoms with Gasteiger partial charge >= 0.3 is 12.2 Å². The largest absolute Gasteiger partial charge is 0.447 e. The van der Waals surface area contributed by atoms with Crippen molar-refractivity contribution in [1.82, 2.24) is 15.0 Å². The van der Waals surface area contributed by atoms with Crippen molar-refractivity contribution < 1.29 is 36.8 Å². The Labute approximate surface area is 316 Å². The third-order valence-electron chi connectivity index (χ3n) is 9.32. The van der Waals surface area contributed by atoms with E-state index >= 15 is 0 Å². The molecule has 1 heterocycles. The summed E-state index contributed by atoms with van der Waals surface area (Å²) < 4.78 is 48.3. The second-order valence-electron chi connectivity index (χ2n) is 15.7. The second-order valence-corrected chi connectivity index (χ2v) is 23.2. The molecule has 2 amide bonds. The smallest absolute Gasteiger partial charge is 0.417 e. The van der Waals surface area contributed by atoms with Crippen LogP contribution in [-0.4, -0.2) is 63.1 Å². The summed E-state index contributed by atoms with van der Waals surface area (Å²) in [5.74, 6) is 0.216. The molecule has 14 nitrogen and oxygen atoms in total. The minimum absolute atomic E-state index is 0.0101. The molecule has 17 heteroatoms. The molecule has 0 unspecified atom stereocenters. The monoisotopic (exact) mass is 789 g/mol. The van der Waals surface area contributed by atoms with E-state index in [0.29, 0.717) is 10.4 Å². The van der Waals surface area contributed by atoms with Gasteiger partial charge in [0.25, 0.3) is 5.69 Å². The van der Waals surface area contributed by atoms with E-state index in [1.54, 1.807) is 46.0 Å². The molecule has 2 aromatic carbocycles. The van der Waals surface area contributed by atoms with E-state index in [4.69, 9.17) is 18.9 Å². The minimum atomic E-state index is -4.22. The first kappa shape index (κ1) is 41.8. The Kier molecular flexibility index (Phi) is 13.1. The van der Waals surface area contributed by atoms with Crippen LogP contribution in [0.5, 0.6) is 5.75 Å². The molecule has 0 atom stereocenters. The summed E-state index contributed by atoms with van der Waals surface area (Å²) in [6.45, 7) is 17.8. The molecule has 0 spiro atoms. The lowest BCUT2D eigenvalue weighted by molar-refractivity contribution is -0.384. The van der Waals surface area contributed by atoms with Crippen molar-refractivity contribution in [3.63, 3.8) is 0 Å². The molecular formula is C36H51N5O9S2Si. The number of benzene rings is 2. The first-order chi connectivity index (χ1) is 24.5. The molecule has 0 aliphatic heterocycles. The lowest BCUT2D eigenvalue weighted by atomic mass is 9.86. The number of nitrogens with one attached hydrogen (secondary N) is 3. The first-order valence-corrected chi connectivity index (χ1v) is 22.7. The van der Waals surface area contributed by atoms with Gasteiger partial charge < -0.3 is 19.2 Å². The van der Waals surface area contributed by atoms with Gasteiger partial charge in [0.05, 0.1) is 32.4 Å². The van der Waals surface area contributed by atoms with Crippen LogP contribution in [0.15, 0.2) is 53.6 Å². The molecule has 1 aliphatic rings. The molecule has 0 bridgehead atoms. The number of sulfonamides is 1. The number of nitro groups is 1. The van der Waals surface area contributed by atoms with Crippen LogP contribution >= 0.6 is 11.3 Å². The van der Waals surface area contributed by atoms with Gasteiger partial charge in [-0.2, -0.15) is 0 Å². The highest BCUT2D eigenvalue weighted by atomic mass is 32.2. The van der Waals surface area contributed by atoms with Crippen molar-refractivity contribution in [1.29, 1.82) is 0 Å². The lowest BCUT2D eigenvalue weighted by Gasteiger charge is -2.39. The van der Waals surface area contributed by atoms with Gasteiger partial charge in [0.15, 0.2) is 8.32 Å². The number of hydrogen-bond donors (Lipinski definition) is 3. The van der Waals surface area contributed by atoms with Gasteiger partial charge in [-0.1, -0.05) is 26.8 Å². The van der Waals surface area contributed by atoms with Crippen LogP contribution in [0.4, 0.5) is 21.0 Å². The number of nitro benzene ring substituents is 1. The number of alkyl carbamates (subject to hydrolysis) is 1. The molecule has 4 rings (SSSR count). The fraction of sp³-hybridized carbons (Fsp3) is 0.528. The number of non-ortho nitro benzene ring substituents is 1. The summed E-state index contributed by atoms with van der Waals surface area (Å²) >= 11 is 1.41.